The van der Waals surface area contributed by atoms with Gasteiger partial charge in [0.25, 0.3) is 0 Å². The molecular formula is C13H12BrN3. The van der Waals surface area contributed by atoms with E-state index in [-0.39, 0.29) is 0 Å². The number of aromatic nitrogens is 2. The molecule has 1 aliphatic heterocycles. The van der Waals surface area contributed by atoms with Gasteiger partial charge in [-0.25, -0.2) is 9.97 Å². The molecule has 3 rings (SSSR count). The summed E-state index contributed by atoms with van der Waals surface area (Å²) >= 11 is 3.53. The standard InChI is InChI=1S/C13H12BrN3/c14-11-4-2-1-3-10(11)13-16-7-9-5-6-15-8-12(9)17-13/h1-4,7,15H,5-6,8H2. The van der Waals surface area contributed by atoms with Crippen molar-refractivity contribution in [3.05, 3.63) is 46.2 Å². The highest BCUT2D eigenvalue weighted by Crippen LogP contribution is 2.25. The van der Waals surface area contributed by atoms with Gasteiger partial charge in [0.2, 0.25) is 0 Å². The zero-order valence-corrected chi connectivity index (χ0v) is 10.9. The number of benzene rings is 1. The molecule has 0 saturated heterocycles. The van der Waals surface area contributed by atoms with Crippen molar-refractivity contribution in [2.24, 2.45) is 0 Å². The van der Waals surface area contributed by atoms with Gasteiger partial charge in [-0.2, -0.15) is 0 Å². The molecule has 0 spiro atoms. The largest absolute Gasteiger partial charge is 0.311 e. The molecule has 0 saturated carbocycles. The lowest BCUT2D eigenvalue weighted by molar-refractivity contribution is 0.624. The number of nitrogens with zero attached hydrogens (tertiary/aromatic N) is 2. The van der Waals surface area contributed by atoms with E-state index >= 15 is 0 Å². The van der Waals surface area contributed by atoms with Crippen molar-refractivity contribution in [3.8, 4) is 11.4 Å². The molecule has 1 aliphatic rings. The van der Waals surface area contributed by atoms with E-state index in [0.717, 1.165) is 41.1 Å². The van der Waals surface area contributed by atoms with Gasteiger partial charge in [0.05, 0.1) is 5.69 Å². The molecule has 86 valence electrons. The fourth-order valence-electron chi connectivity index (χ4n) is 2.01. The third-order valence-electron chi connectivity index (χ3n) is 2.93. The lowest BCUT2D eigenvalue weighted by Crippen LogP contribution is -2.25. The molecule has 1 aromatic heterocycles. The molecule has 4 heteroatoms. The molecule has 0 aliphatic carbocycles. The monoisotopic (exact) mass is 289 g/mol. The first-order valence-electron chi connectivity index (χ1n) is 5.65. The second-order valence-electron chi connectivity index (χ2n) is 4.07. The third kappa shape index (κ3) is 2.10. The highest BCUT2D eigenvalue weighted by molar-refractivity contribution is 9.10. The Balaban J connectivity index is 2.07. The Morgan fingerprint density at radius 2 is 2.12 bits per heavy atom. The van der Waals surface area contributed by atoms with Gasteiger partial charge in [0.15, 0.2) is 5.82 Å². The van der Waals surface area contributed by atoms with Crippen LogP contribution in [-0.4, -0.2) is 16.5 Å². The molecule has 2 aromatic rings. The van der Waals surface area contributed by atoms with E-state index < -0.39 is 0 Å². The average Bonchev–Trinajstić information content (AvgIpc) is 2.39. The Bertz CT molecular complexity index is 554. The summed E-state index contributed by atoms with van der Waals surface area (Å²) in [6, 6.07) is 8.03. The summed E-state index contributed by atoms with van der Waals surface area (Å²) in [6.07, 6.45) is 2.98. The maximum atomic E-state index is 4.64. The van der Waals surface area contributed by atoms with Crippen molar-refractivity contribution in [2.45, 2.75) is 13.0 Å². The highest BCUT2D eigenvalue weighted by atomic mass is 79.9. The van der Waals surface area contributed by atoms with Gasteiger partial charge in [-0.05, 0) is 24.6 Å². The van der Waals surface area contributed by atoms with Crippen LogP contribution in [-0.2, 0) is 13.0 Å². The van der Waals surface area contributed by atoms with Crippen LogP contribution in [0.25, 0.3) is 11.4 Å². The molecule has 1 N–H and O–H groups in total. The van der Waals surface area contributed by atoms with Crippen LogP contribution in [0.5, 0.6) is 0 Å². The Labute approximate surface area is 108 Å². The maximum Gasteiger partial charge on any atom is 0.160 e. The summed E-state index contributed by atoms with van der Waals surface area (Å²) in [5.41, 5.74) is 3.43. The van der Waals surface area contributed by atoms with Crippen LogP contribution in [0.1, 0.15) is 11.3 Å². The van der Waals surface area contributed by atoms with Gasteiger partial charge in [-0.3, -0.25) is 0 Å². The zero-order valence-electron chi connectivity index (χ0n) is 9.28. The average molecular weight is 290 g/mol. The number of halogens is 1. The van der Waals surface area contributed by atoms with Gasteiger partial charge in [0.1, 0.15) is 0 Å². The van der Waals surface area contributed by atoms with Gasteiger partial charge < -0.3 is 5.32 Å². The Hall–Kier alpha value is -1.26. The summed E-state index contributed by atoms with van der Waals surface area (Å²) in [6.45, 7) is 1.86. The molecule has 0 unspecified atom stereocenters. The summed E-state index contributed by atoms with van der Waals surface area (Å²) in [4.78, 5) is 9.09. The van der Waals surface area contributed by atoms with Crippen LogP contribution in [0.4, 0.5) is 0 Å². The zero-order chi connectivity index (χ0) is 11.7. The fourth-order valence-corrected chi connectivity index (χ4v) is 2.47. The third-order valence-corrected chi connectivity index (χ3v) is 3.62. The topological polar surface area (TPSA) is 37.8 Å². The van der Waals surface area contributed by atoms with Crippen LogP contribution >= 0.6 is 15.9 Å². The van der Waals surface area contributed by atoms with E-state index in [4.69, 9.17) is 0 Å². The Morgan fingerprint density at radius 3 is 3.00 bits per heavy atom. The van der Waals surface area contributed by atoms with Crippen LogP contribution < -0.4 is 5.32 Å². The van der Waals surface area contributed by atoms with Gasteiger partial charge in [-0.15, -0.1) is 0 Å². The number of hydrogen-bond donors (Lipinski definition) is 1. The van der Waals surface area contributed by atoms with E-state index in [1.165, 1.54) is 5.56 Å². The second kappa shape index (κ2) is 4.55. The number of hydrogen-bond acceptors (Lipinski definition) is 3. The first kappa shape index (κ1) is 10.9. The molecule has 3 nitrogen and oxygen atoms in total. The minimum absolute atomic E-state index is 0.792. The Morgan fingerprint density at radius 1 is 1.24 bits per heavy atom. The van der Waals surface area contributed by atoms with Crippen molar-refractivity contribution < 1.29 is 0 Å². The predicted octanol–water partition coefficient (Wildman–Crippen LogP) is 2.55. The van der Waals surface area contributed by atoms with E-state index in [2.05, 4.69) is 31.2 Å². The van der Waals surface area contributed by atoms with Crippen molar-refractivity contribution in [2.75, 3.05) is 6.54 Å². The number of rotatable bonds is 1. The molecule has 2 heterocycles. The molecule has 1 aromatic carbocycles. The predicted molar refractivity (Wildman–Crippen MR) is 70.6 cm³/mol. The van der Waals surface area contributed by atoms with Crippen molar-refractivity contribution in [1.82, 2.24) is 15.3 Å². The molecule has 17 heavy (non-hydrogen) atoms. The number of nitrogens with one attached hydrogen (secondary N) is 1. The first-order valence-corrected chi connectivity index (χ1v) is 6.44. The van der Waals surface area contributed by atoms with E-state index in [0.29, 0.717) is 0 Å². The lowest BCUT2D eigenvalue weighted by Gasteiger charge is -2.16. The summed E-state index contributed by atoms with van der Waals surface area (Å²) < 4.78 is 1.03. The smallest absolute Gasteiger partial charge is 0.160 e. The normalized spacial score (nSPS) is 14.4. The van der Waals surface area contributed by atoms with E-state index in [9.17, 15) is 0 Å². The minimum Gasteiger partial charge on any atom is -0.311 e. The molecule has 0 radical (unpaired) electrons. The van der Waals surface area contributed by atoms with Crippen molar-refractivity contribution >= 4 is 15.9 Å². The highest BCUT2D eigenvalue weighted by Gasteiger charge is 2.13. The molecule has 0 bridgehead atoms. The van der Waals surface area contributed by atoms with E-state index in [1.54, 1.807) is 0 Å². The van der Waals surface area contributed by atoms with Crippen LogP contribution in [0.2, 0.25) is 0 Å². The quantitative estimate of drug-likeness (QED) is 0.877. The number of fused-ring (bicyclic) bond motifs is 1. The summed E-state index contributed by atoms with van der Waals surface area (Å²) in [5, 5.41) is 3.33. The Kier molecular flexibility index (Phi) is 2.91. The summed E-state index contributed by atoms with van der Waals surface area (Å²) in [7, 11) is 0. The van der Waals surface area contributed by atoms with Gasteiger partial charge in [0, 0.05) is 22.8 Å². The minimum atomic E-state index is 0.792. The van der Waals surface area contributed by atoms with Crippen LogP contribution in [0, 0.1) is 0 Å². The first-order chi connectivity index (χ1) is 8.34. The summed E-state index contributed by atoms with van der Waals surface area (Å²) in [5.74, 6) is 0.792. The van der Waals surface area contributed by atoms with Crippen molar-refractivity contribution in [3.63, 3.8) is 0 Å². The van der Waals surface area contributed by atoms with E-state index in [1.807, 2.05) is 30.5 Å². The molecular weight excluding hydrogens is 278 g/mol. The van der Waals surface area contributed by atoms with Gasteiger partial charge in [-0.1, -0.05) is 34.1 Å². The lowest BCUT2D eigenvalue weighted by atomic mass is 10.1. The molecule has 0 atom stereocenters. The van der Waals surface area contributed by atoms with Crippen LogP contribution in [0.3, 0.4) is 0 Å². The fraction of sp³-hybridized carbons (Fsp3) is 0.231. The van der Waals surface area contributed by atoms with Gasteiger partial charge >= 0.3 is 0 Å². The molecule has 0 amide bonds. The second-order valence-corrected chi connectivity index (χ2v) is 4.93. The van der Waals surface area contributed by atoms with Crippen LogP contribution in [0.15, 0.2) is 34.9 Å². The SMILES string of the molecule is Brc1ccccc1-c1ncc2c(n1)CNCC2. The van der Waals surface area contributed by atoms with Crippen molar-refractivity contribution in [1.29, 1.82) is 0 Å². The molecule has 0 fully saturated rings. The maximum absolute atomic E-state index is 4.64.